The van der Waals surface area contributed by atoms with E-state index in [1.807, 2.05) is 25.7 Å². The van der Waals surface area contributed by atoms with Crippen LogP contribution >= 0.6 is 0 Å². The standard InChI is InChI=1S/C18H33N3O2/c1-18(2,3)17(23)20-11-13-6-5-9-21(12-13)16(22)14-7-4-8-15(19)10-14/h13-15H,4-12,19H2,1-3H3,(H,20,23). The zero-order chi connectivity index (χ0) is 17.0. The van der Waals surface area contributed by atoms with Crippen LogP contribution in [0.15, 0.2) is 0 Å². The summed E-state index contributed by atoms with van der Waals surface area (Å²) >= 11 is 0. The number of rotatable bonds is 3. The number of nitrogens with zero attached hydrogens (tertiary/aromatic N) is 1. The average Bonchev–Trinajstić information content (AvgIpc) is 2.51. The Labute approximate surface area is 140 Å². The Hall–Kier alpha value is -1.10. The highest BCUT2D eigenvalue weighted by Crippen LogP contribution is 2.27. The molecule has 1 aliphatic carbocycles. The van der Waals surface area contributed by atoms with E-state index in [-0.39, 0.29) is 29.2 Å². The Bertz CT molecular complexity index is 430. The highest BCUT2D eigenvalue weighted by atomic mass is 16.2. The summed E-state index contributed by atoms with van der Waals surface area (Å²) in [6.07, 6.45) is 6.04. The maximum Gasteiger partial charge on any atom is 0.225 e. The lowest BCUT2D eigenvalue weighted by molar-refractivity contribution is -0.138. The molecule has 23 heavy (non-hydrogen) atoms. The van der Waals surface area contributed by atoms with E-state index in [4.69, 9.17) is 5.73 Å². The average molecular weight is 323 g/mol. The second-order valence-corrected chi connectivity index (χ2v) is 8.38. The number of carbonyl (C=O) groups is 2. The van der Waals surface area contributed by atoms with Crippen molar-refractivity contribution in [2.24, 2.45) is 23.0 Å². The summed E-state index contributed by atoms with van der Waals surface area (Å²) in [5.41, 5.74) is 5.66. The second kappa shape index (κ2) is 7.65. The van der Waals surface area contributed by atoms with E-state index in [2.05, 4.69) is 5.32 Å². The van der Waals surface area contributed by atoms with Gasteiger partial charge in [-0.2, -0.15) is 0 Å². The molecule has 5 nitrogen and oxygen atoms in total. The summed E-state index contributed by atoms with van der Waals surface area (Å²) in [6, 6.07) is 0.185. The number of likely N-dealkylation sites (tertiary alicyclic amines) is 1. The molecule has 0 radical (unpaired) electrons. The van der Waals surface area contributed by atoms with Crippen molar-refractivity contribution < 1.29 is 9.59 Å². The summed E-state index contributed by atoms with van der Waals surface area (Å²) in [7, 11) is 0. The van der Waals surface area contributed by atoms with Gasteiger partial charge < -0.3 is 16.0 Å². The fourth-order valence-corrected chi connectivity index (χ4v) is 3.64. The summed E-state index contributed by atoms with van der Waals surface area (Å²) in [4.78, 5) is 26.7. The minimum atomic E-state index is -0.359. The van der Waals surface area contributed by atoms with Crippen molar-refractivity contribution in [2.75, 3.05) is 19.6 Å². The lowest BCUT2D eigenvalue weighted by Gasteiger charge is -2.37. The molecule has 2 amide bonds. The fraction of sp³-hybridized carbons (Fsp3) is 0.889. The van der Waals surface area contributed by atoms with Gasteiger partial charge >= 0.3 is 0 Å². The van der Waals surface area contributed by atoms with E-state index in [1.54, 1.807) is 0 Å². The fourth-order valence-electron chi connectivity index (χ4n) is 3.64. The predicted molar refractivity (Wildman–Crippen MR) is 91.7 cm³/mol. The number of hydrogen-bond acceptors (Lipinski definition) is 3. The van der Waals surface area contributed by atoms with Gasteiger partial charge in [-0.15, -0.1) is 0 Å². The van der Waals surface area contributed by atoms with Crippen molar-refractivity contribution in [2.45, 2.75) is 65.3 Å². The van der Waals surface area contributed by atoms with E-state index in [0.29, 0.717) is 12.5 Å². The van der Waals surface area contributed by atoms with Crippen molar-refractivity contribution in [3.63, 3.8) is 0 Å². The van der Waals surface area contributed by atoms with Crippen molar-refractivity contribution in [3.05, 3.63) is 0 Å². The number of amides is 2. The van der Waals surface area contributed by atoms with Gasteiger partial charge in [-0.1, -0.05) is 27.2 Å². The third-order valence-corrected chi connectivity index (χ3v) is 5.13. The van der Waals surface area contributed by atoms with Gasteiger partial charge in [0.25, 0.3) is 0 Å². The first-order valence-electron chi connectivity index (χ1n) is 9.10. The molecule has 132 valence electrons. The van der Waals surface area contributed by atoms with Crippen LogP contribution in [0.1, 0.15) is 59.3 Å². The molecule has 1 heterocycles. The highest BCUT2D eigenvalue weighted by molar-refractivity contribution is 5.81. The first-order chi connectivity index (χ1) is 10.8. The maximum absolute atomic E-state index is 12.7. The lowest BCUT2D eigenvalue weighted by Crippen LogP contribution is -2.48. The van der Waals surface area contributed by atoms with Crippen LogP contribution in [-0.4, -0.2) is 42.4 Å². The van der Waals surface area contributed by atoms with Crippen LogP contribution < -0.4 is 11.1 Å². The molecule has 2 rings (SSSR count). The molecule has 3 N–H and O–H groups in total. The Kier molecular flexibility index (Phi) is 6.06. The predicted octanol–water partition coefficient (Wildman–Crippen LogP) is 1.90. The first-order valence-corrected chi connectivity index (χ1v) is 9.10. The summed E-state index contributed by atoms with van der Waals surface area (Å²) in [5.74, 6) is 0.851. The molecule has 3 atom stereocenters. The van der Waals surface area contributed by atoms with Gasteiger partial charge in [-0.05, 0) is 38.0 Å². The highest BCUT2D eigenvalue weighted by Gasteiger charge is 2.32. The summed E-state index contributed by atoms with van der Waals surface area (Å²) < 4.78 is 0. The number of carbonyl (C=O) groups excluding carboxylic acids is 2. The normalized spacial score (nSPS) is 29.2. The number of hydrogen-bond donors (Lipinski definition) is 2. The van der Waals surface area contributed by atoms with Crippen LogP contribution in [0.25, 0.3) is 0 Å². The molecular weight excluding hydrogens is 290 g/mol. The molecule has 0 aromatic rings. The Morgan fingerprint density at radius 3 is 2.57 bits per heavy atom. The molecule has 2 fully saturated rings. The summed E-state index contributed by atoms with van der Waals surface area (Å²) in [6.45, 7) is 8.06. The first kappa shape index (κ1) is 18.2. The molecule has 0 aromatic heterocycles. The van der Waals surface area contributed by atoms with Crippen LogP contribution in [0.5, 0.6) is 0 Å². The Morgan fingerprint density at radius 1 is 1.17 bits per heavy atom. The van der Waals surface area contributed by atoms with Gasteiger partial charge in [-0.3, -0.25) is 9.59 Å². The topological polar surface area (TPSA) is 75.4 Å². The van der Waals surface area contributed by atoms with Crippen LogP contribution in [-0.2, 0) is 9.59 Å². The molecule has 1 saturated carbocycles. The Morgan fingerprint density at radius 2 is 1.91 bits per heavy atom. The molecule has 0 aromatic carbocycles. The van der Waals surface area contributed by atoms with Crippen molar-refractivity contribution in [3.8, 4) is 0 Å². The van der Waals surface area contributed by atoms with Crippen LogP contribution in [0.3, 0.4) is 0 Å². The van der Waals surface area contributed by atoms with Crippen LogP contribution in [0.4, 0.5) is 0 Å². The van der Waals surface area contributed by atoms with Gasteiger partial charge in [0.2, 0.25) is 11.8 Å². The third kappa shape index (κ3) is 5.20. The molecule has 0 spiro atoms. The summed E-state index contributed by atoms with van der Waals surface area (Å²) in [5, 5.41) is 3.04. The van der Waals surface area contributed by atoms with Gasteiger partial charge in [0.1, 0.15) is 0 Å². The van der Waals surface area contributed by atoms with Crippen molar-refractivity contribution in [1.82, 2.24) is 10.2 Å². The van der Waals surface area contributed by atoms with E-state index in [0.717, 1.165) is 51.6 Å². The van der Waals surface area contributed by atoms with Crippen molar-refractivity contribution in [1.29, 1.82) is 0 Å². The number of piperidine rings is 1. The van der Waals surface area contributed by atoms with Gasteiger partial charge in [-0.25, -0.2) is 0 Å². The Balaban J connectivity index is 1.83. The molecule has 3 unspecified atom stereocenters. The van der Waals surface area contributed by atoms with Gasteiger partial charge in [0.05, 0.1) is 0 Å². The van der Waals surface area contributed by atoms with Crippen LogP contribution in [0.2, 0.25) is 0 Å². The number of nitrogens with two attached hydrogens (primary N) is 1. The smallest absolute Gasteiger partial charge is 0.225 e. The zero-order valence-electron chi connectivity index (χ0n) is 14.9. The molecular formula is C18H33N3O2. The van der Waals surface area contributed by atoms with Gasteiger partial charge in [0, 0.05) is 37.0 Å². The third-order valence-electron chi connectivity index (χ3n) is 5.13. The monoisotopic (exact) mass is 323 g/mol. The molecule has 0 bridgehead atoms. The SMILES string of the molecule is CC(C)(C)C(=O)NCC1CCCN(C(=O)C2CCCC(N)C2)C1. The van der Waals surface area contributed by atoms with Gasteiger partial charge in [0.15, 0.2) is 0 Å². The van der Waals surface area contributed by atoms with E-state index < -0.39 is 0 Å². The molecule has 1 aliphatic heterocycles. The lowest BCUT2D eigenvalue weighted by atomic mass is 9.84. The molecule has 5 heteroatoms. The van der Waals surface area contributed by atoms with Crippen LogP contribution in [0, 0.1) is 17.3 Å². The largest absolute Gasteiger partial charge is 0.355 e. The maximum atomic E-state index is 12.7. The number of nitrogens with one attached hydrogen (secondary N) is 1. The molecule has 2 aliphatic rings. The minimum absolute atomic E-state index is 0.0826. The minimum Gasteiger partial charge on any atom is -0.355 e. The zero-order valence-corrected chi connectivity index (χ0v) is 14.9. The van der Waals surface area contributed by atoms with E-state index in [1.165, 1.54) is 0 Å². The molecule has 1 saturated heterocycles. The quantitative estimate of drug-likeness (QED) is 0.833. The van der Waals surface area contributed by atoms with Crippen molar-refractivity contribution >= 4 is 11.8 Å². The van der Waals surface area contributed by atoms with E-state index >= 15 is 0 Å². The van der Waals surface area contributed by atoms with E-state index in [9.17, 15) is 9.59 Å². The second-order valence-electron chi connectivity index (χ2n) is 8.38.